The van der Waals surface area contributed by atoms with Gasteiger partial charge in [-0.2, -0.15) is 0 Å². The molecule has 5 heteroatoms. The lowest BCUT2D eigenvalue weighted by Crippen LogP contribution is -2.45. The zero-order chi connectivity index (χ0) is 13.7. The summed E-state index contributed by atoms with van der Waals surface area (Å²) < 4.78 is 14.1. The van der Waals surface area contributed by atoms with Crippen LogP contribution in [0.1, 0.15) is 37.8 Å². The van der Waals surface area contributed by atoms with E-state index in [-0.39, 0.29) is 24.3 Å². The minimum Gasteiger partial charge on any atom is -0.314 e. The van der Waals surface area contributed by atoms with Gasteiger partial charge in [0.1, 0.15) is 5.82 Å². The van der Waals surface area contributed by atoms with Crippen molar-refractivity contribution in [2.24, 2.45) is 0 Å². The molecule has 1 aliphatic rings. The van der Waals surface area contributed by atoms with Crippen molar-refractivity contribution < 1.29 is 4.39 Å². The molecule has 0 radical (unpaired) electrons. The van der Waals surface area contributed by atoms with E-state index in [1.165, 1.54) is 6.07 Å². The van der Waals surface area contributed by atoms with Gasteiger partial charge in [-0.15, -0.1) is 12.4 Å². The van der Waals surface area contributed by atoms with Crippen LogP contribution in [0.5, 0.6) is 0 Å². The minimum atomic E-state index is -0.135. The number of piperazine rings is 1. The fourth-order valence-corrected chi connectivity index (χ4v) is 2.88. The van der Waals surface area contributed by atoms with Crippen molar-refractivity contribution in [3.8, 4) is 0 Å². The third kappa shape index (κ3) is 4.59. The fourth-order valence-electron chi connectivity index (χ4n) is 2.70. The molecular weight excluding hydrogens is 298 g/mol. The Hall–Kier alpha value is -0.350. The maximum Gasteiger partial charge on any atom is 0.128 e. The molecule has 0 aliphatic carbocycles. The summed E-state index contributed by atoms with van der Waals surface area (Å²) in [5.41, 5.74) is 0.753. The molecule has 1 aromatic rings. The van der Waals surface area contributed by atoms with E-state index < -0.39 is 0 Å². The van der Waals surface area contributed by atoms with E-state index in [4.69, 9.17) is 11.6 Å². The molecule has 1 heterocycles. The van der Waals surface area contributed by atoms with Crippen molar-refractivity contribution in [1.82, 2.24) is 10.2 Å². The first-order valence-electron chi connectivity index (χ1n) is 7.12. The Labute approximate surface area is 132 Å². The molecule has 20 heavy (non-hydrogen) atoms. The van der Waals surface area contributed by atoms with E-state index in [0.717, 1.165) is 51.0 Å². The maximum atomic E-state index is 14.1. The van der Waals surface area contributed by atoms with Crippen LogP contribution in [0.15, 0.2) is 18.2 Å². The molecule has 2 nitrogen and oxygen atoms in total. The zero-order valence-corrected chi connectivity index (χ0v) is 13.4. The fraction of sp³-hybridized carbons (Fsp3) is 0.600. The van der Waals surface area contributed by atoms with Gasteiger partial charge in [-0.3, -0.25) is 4.90 Å². The molecular formula is C15H23Cl2FN2. The van der Waals surface area contributed by atoms with Crippen LogP contribution in [-0.2, 0) is 0 Å². The van der Waals surface area contributed by atoms with Crippen LogP contribution in [-0.4, -0.2) is 31.1 Å². The molecule has 0 amide bonds. The van der Waals surface area contributed by atoms with Gasteiger partial charge in [0, 0.05) is 42.8 Å². The molecule has 1 aliphatic heterocycles. The van der Waals surface area contributed by atoms with Gasteiger partial charge in [0.2, 0.25) is 0 Å². The van der Waals surface area contributed by atoms with Crippen molar-refractivity contribution >= 4 is 24.0 Å². The van der Waals surface area contributed by atoms with Crippen molar-refractivity contribution in [2.45, 2.75) is 32.2 Å². The van der Waals surface area contributed by atoms with E-state index in [0.29, 0.717) is 5.02 Å². The maximum absolute atomic E-state index is 14.1. The number of benzene rings is 1. The average molecular weight is 321 g/mol. The Morgan fingerprint density at radius 2 is 2.05 bits per heavy atom. The first-order chi connectivity index (χ1) is 9.22. The molecule has 0 saturated carbocycles. The summed E-state index contributed by atoms with van der Waals surface area (Å²) >= 11 is 6.04. The smallest absolute Gasteiger partial charge is 0.128 e. The van der Waals surface area contributed by atoms with Gasteiger partial charge in [0.15, 0.2) is 0 Å². The summed E-state index contributed by atoms with van der Waals surface area (Å²) in [7, 11) is 0. The topological polar surface area (TPSA) is 15.3 Å². The Balaban J connectivity index is 0.00000200. The second-order valence-corrected chi connectivity index (χ2v) is 5.55. The van der Waals surface area contributed by atoms with E-state index >= 15 is 0 Å². The highest BCUT2D eigenvalue weighted by Crippen LogP contribution is 2.30. The van der Waals surface area contributed by atoms with Gasteiger partial charge < -0.3 is 5.32 Å². The highest BCUT2D eigenvalue weighted by Gasteiger charge is 2.24. The number of unbranched alkanes of at least 4 members (excludes halogenated alkanes) is 1. The van der Waals surface area contributed by atoms with Crippen molar-refractivity contribution in [1.29, 1.82) is 0 Å². The number of nitrogens with one attached hydrogen (secondary N) is 1. The second-order valence-electron chi connectivity index (χ2n) is 5.11. The van der Waals surface area contributed by atoms with Gasteiger partial charge in [0.05, 0.1) is 0 Å². The van der Waals surface area contributed by atoms with Crippen LogP contribution in [0.4, 0.5) is 4.39 Å². The lowest BCUT2D eigenvalue weighted by atomic mass is 9.98. The summed E-state index contributed by atoms with van der Waals surface area (Å²) in [4.78, 5) is 2.38. The van der Waals surface area contributed by atoms with Crippen LogP contribution >= 0.6 is 24.0 Å². The monoisotopic (exact) mass is 320 g/mol. The second kappa shape index (κ2) is 8.83. The van der Waals surface area contributed by atoms with Crippen molar-refractivity contribution in [3.05, 3.63) is 34.6 Å². The summed E-state index contributed by atoms with van der Waals surface area (Å²) in [5.74, 6) is -0.135. The number of hydrogen-bond acceptors (Lipinski definition) is 2. The average Bonchev–Trinajstić information content (AvgIpc) is 2.44. The zero-order valence-electron chi connectivity index (χ0n) is 11.9. The van der Waals surface area contributed by atoms with E-state index in [2.05, 4.69) is 17.1 Å². The lowest BCUT2D eigenvalue weighted by Gasteiger charge is -2.35. The Morgan fingerprint density at radius 1 is 1.35 bits per heavy atom. The van der Waals surface area contributed by atoms with Gasteiger partial charge in [-0.25, -0.2) is 4.39 Å². The Bertz CT molecular complexity index is 409. The van der Waals surface area contributed by atoms with E-state index in [1.807, 2.05) is 0 Å². The van der Waals surface area contributed by atoms with Gasteiger partial charge in [-0.05, 0) is 24.6 Å². The third-order valence-electron chi connectivity index (χ3n) is 3.74. The van der Waals surface area contributed by atoms with Crippen LogP contribution < -0.4 is 5.32 Å². The largest absolute Gasteiger partial charge is 0.314 e. The molecule has 0 unspecified atom stereocenters. The molecule has 1 saturated heterocycles. The van der Waals surface area contributed by atoms with E-state index in [9.17, 15) is 4.39 Å². The predicted molar refractivity (Wildman–Crippen MR) is 85.4 cm³/mol. The number of nitrogens with zero attached hydrogens (tertiary/aromatic N) is 1. The lowest BCUT2D eigenvalue weighted by molar-refractivity contribution is 0.160. The third-order valence-corrected chi connectivity index (χ3v) is 3.98. The Kier molecular flexibility index (Phi) is 7.82. The molecule has 114 valence electrons. The minimum absolute atomic E-state index is 0. The molecule has 0 bridgehead atoms. The standard InChI is InChI=1S/C15H22ClFN2.ClH/c1-2-3-4-15(19-9-7-18-8-10-19)13-11-12(16)5-6-14(13)17;/h5-6,11,15,18H,2-4,7-10H2,1H3;1H/t15-;/m0./s1. The molecule has 1 atom stereocenters. The van der Waals surface area contributed by atoms with Gasteiger partial charge in [-0.1, -0.05) is 31.4 Å². The molecule has 1 fully saturated rings. The number of halogens is 3. The van der Waals surface area contributed by atoms with Crippen LogP contribution in [0, 0.1) is 5.82 Å². The summed E-state index contributed by atoms with van der Waals surface area (Å²) in [6.45, 7) is 6.07. The molecule has 0 spiro atoms. The quantitative estimate of drug-likeness (QED) is 0.880. The van der Waals surface area contributed by atoms with Crippen molar-refractivity contribution in [2.75, 3.05) is 26.2 Å². The van der Waals surface area contributed by atoms with Crippen LogP contribution in [0.2, 0.25) is 5.02 Å². The number of hydrogen-bond donors (Lipinski definition) is 1. The van der Waals surface area contributed by atoms with E-state index in [1.54, 1.807) is 12.1 Å². The SMILES string of the molecule is CCCC[C@@H](c1cc(Cl)ccc1F)N1CCNCC1.Cl. The predicted octanol–water partition coefficient (Wildman–Crippen LogP) is 4.04. The molecule has 2 rings (SSSR count). The van der Waals surface area contributed by atoms with Gasteiger partial charge >= 0.3 is 0 Å². The number of rotatable bonds is 5. The normalized spacial score (nSPS) is 17.6. The summed E-state index contributed by atoms with van der Waals surface area (Å²) in [6, 6.07) is 5.05. The first-order valence-corrected chi connectivity index (χ1v) is 7.50. The highest BCUT2D eigenvalue weighted by molar-refractivity contribution is 6.30. The molecule has 1 aromatic carbocycles. The van der Waals surface area contributed by atoms with Crippen LogP contribution in [0.3, 0.4) is 0 Å². The van der Waals surface area contributed by atoms with Crippen molar-refractivity contribution in [3.63, 3.8) is 0 Å². The first kappa shape index (κ1) is 17.7. The van der Waals surface area contributed by atoms with Crippen LogP contribution in [0.25, 0.3) is 0 Å². The molecule has 0 aromatic heterocycles. The summed E-state index contributed by atoms with van der Waals surface area (Å²) in [5, 5.41) is 3.96. The summed E-state index contributed by atoms with van der Waals surface area (Å²) in [6.07, 6.45) is 3.24. The van der Waals surface area contributed by atoms with Gasteiger partial charge in [0.25, 0.3) is 0 Å². The Morgan fingerprint density at radius 3 is 2.70 bits per heavy atom. The highest BCUT2D eigenvalue weighted by atomic mass is 35.5. The molecule has 1 N–H and O–H groups in total.